The fourth-order valence-corrected chi connectivity index (χ4v) is 3.29. The van der Waals surface area contributed by atoms with E-state index < -0.39 is 16.5 Å². The summed E-state index contributed by atoms with van der Waals surface area (Å²) in [6.07, 6.45) is 15.6. The van der Waals surface area contributed by atoms with Crippen LogP contribution in [0.3, 0.4) is 0 Å². The van der Waals surface area contributed by atoms with Crippen molar-refractivity contribution in [2.45, 2.75) is 110 Å². The van der Waals surface area contributed by atoms with Gasteiger partial charge in [0, 0.05) is 0 Å². The first-order chi connectivity index (χ1) is 10.5. The van der Waals surface area contributed by atoms with E-state index in [1.807, 2.05) is 6.92 Å². The minimum Gasteiger partial charge on any atom is -0.726 e. The van der Waals surface area contributed by atoms with E-state index in [-0.39, 0.29) is 29.6 Å². The van der Waals surface area contributed by atoms with Gasteiger partial charge in [-0.3, -0.25) is 4.18 Å². The molecule has 0 aliphatic rings. The standard InChI is InChI=1S/C17H36O4S.Na/c1-3-5-6-7-8-9-10-11-12-13-14-16-17(15-4-2)21-22(18,19)20;/h17H,3-16H2,1-2H3,(H,18,19,20);/q;+1/p-1. The molecule has 0 aromatic heterocycles. The van der Waals surface area contributed by atoms with E-state index in [0.717, 1.165) is 19.3 Å². The van der Waals surface area contributed by atoms with Crippen LogP contribution in [0.1, 0.15) is 104 Å². The van der Waals surface area contributed by atoms with Gasteiger partial charge in [-0.05, 0) is 12.8 Å². The Kier molecular flexibility index (Phi) is 20.1. The molecular formula is C17H35NaO4S. The summed E-state index contributed by atoms with van der Waals surface area (Å²) in [5, 5.41) is 0. The molecule has 0 aliphatic carbocycles. The Morgan fingerprint density at radius 3 is 1.57 bits per heavy atom. The van der Waals surface area contributed by atoms with Crippen LogP contribution in [0.25, 0.3) is 0 Å². The van der Waals surface area contributed by atoms with Crippen molar-refractivity contribution in [2.24, 2.45) is 0 Å². The van der Waals surface area contributed by atoms with Gasteiger partial charge in [0.1, 0.15) is 0 Å². The number of hydrogen-bond donors (Lipinski definition) is 0. The van der Waals surface area contributed by atoms with E-state index in [4.69, 9.17) is 0 Å². The second-order valence-electron chi connectivity index (χ2n) is 6.24. The van der Waals surface area contributed by atoms with Crippen molar-refractivity contribution in [3.63, 3.8) is 0 Å². The van der Waals surface area contributed by atoms with Gasteiger partial charge in [0.2, 0.25) is 10.4 Å². The smallest absolute Gasteiger partial charge is 0.726 e. The monoisotopic (exact) mass is 358 g/mol. The third kappa shape index (κ3) is 20.8. The fourth-order valence-electron chi connectivity index (χ4n) is 2.77. The molecule has 0 radical (unpaired) electrons. The Balaban J connectivity index is 0. The summed E-state index contributed by atoms with van der Waals surface area (Å²) in [5.41, 5.74) is 0. The zero-order chi connectivity index (χ0) is 16.7. The zero-order valence-electron chi connectivity index (χ0n) is 15.5. The largest absolute Gasteiger partial charge is 1.00 e. The van der Waals surface area contributed by atoms with Crippen molar-refractivity contribution >= 4 is 10.4 Å². The van der Waals surface area contributed by atoms with Gasteiger partial charge in [-0.1, -0.05) is 90.9 Å². The predicted octanol–water partition coefficient (Wildman–Crippen LogP) is 2.34. The van der Waals surface area contributed by atoms with Crippen LogP contribution < -0.4 is 29.6 Å². The van der Waals surface area contributed by atoms with Crippen molar-refractivity contribution in [2.75, 3.05) is 0 Å². The molecule has 0 spiro atoms. The summed E-state index contributed by atoms with van der Waals surface area (Å²) in [6.45, 7) is 4.21. The molecule has 1 atom stereocenters. The van der Waals surface area contributed by atoms with Crippen LogP contribution in [0.2, 0.25) is 0 Å². The molecule has 0 heterocycles. The third-order valence-corrected chi connectivity index (χ3v) is 4.50. The first-order valence-corrected chi connectivity index (χ1v) is 10.5. The Morgan fingerprint density at radius 1 is 0.739 bits per heavy atom. The van der Waals surface area contributed by atoms with Crippen LogP contribution in [0.5, 0.6) is 0 Å². The quantitative estimate of drug-likeness (QED) is 0.184. The maximum Gasteiger partial charge on any atom is 1.00 e. The third-order valence-electron chi connectivity index (χ3n) is 3.99. The molecule has 0 N–H and O–H groups in total. The molecule has 0 saturated carbocycles. The maximum atomic E-state index is 10.6. The van der Waals surface area contributed by atoms with E-state index in [2.05, 4.69) is 11.1 Å². The molecule has 0 aliphatic heterocycles. The van der Waals surface area contributed by atoms with Crippen molar-refractivity contribution in [3.05, 3.63) is 0 Å². The topological polar surface area (TPSA) is 66.4 Å². The molecular weight excluding hydrogens is 323 g/mol. The summed E-state index contributed by atoms with van der Waals surface area (Å²) >= 11 is 0. The molecule has 0 fully saturated rings. The van der Waals surface area contributed by atoms with E-state index in [0.29, 0.717) is 12.8 Å². The zero-order valence-corrected chi connectivity index (χ0v) is 18.3. The first kappa shape index (κ1) is 26.1. The van der Waals surface area contributed by atoms with Gasteiger partial charge in [-0.2, -0.15) is 0 Å². The molecule has 0 rings (SSSR count). The van der Waals surface area contributed by atoms with Gasteiger partial charge in [0.05, 0.1) is 6.10 Å². The molecule has 0 aromatic rings. The average molecular weight is 359 g/mol. The van der Waals surface area contributed by atoms with Gasteiger partial charge in [0.15, 0.2) is 0 Å². The first-order valence-electron chi connectivity index (χ1n) is 9.13. The Labute approximate surface area is 166 Å². The predicted molar refractivity (Wildman–Crippen MR) is 90.6 cm³/mol. The normalized spacial score (nSPS) is 12.8. The molecule has 1 unspecified atom stereocenters. The van der Waals surface area contributed by atoms with Crippen LogP contribution in [-0.2, 0) is 14.6 Å². The Bertz CT molecular complexity index is 333. The van der Waals surface area contributed by atoms with Crippen molar-refractivity contribution in [1.82, 2.24) is 0 Å². The van der Waals surface area contributed by atoms with Crippen molar-refractivity contribution < 1.29 is 46.7 Å². The van der Waals surface area contributed by atoms with Crippen LogP contribution in [0.15, 0.2) is 0 Å². The number of hydrogen-bond acceptors (Lipinski definition) is 4. The van der Waals surface area contributed by atoms with Gasteiger partial charge in [-0.15, -0.1) is 0 Å². The SMILES string of the molecule is CCCCCCCCCCCCCC(CCC)OS(=O)(=O)[O-].[Na+]. The van der Waals surface area contributed by atoms with Crippen molar-refractivity contribution in [1.29, 1.82) is 0 Å². The summed E-state index contributed by atoms with van der Waals surface area (Å²) in [5.74, 6) is 0. The molecule has 0 bridgehead atoms. The van der Waals surface area contributed by atoms with Crippen LogP contribution in [-0.4, -0.2) is 19.1 Å². The van der Waals surface area contributed by atoms with Crippen LogP contribution >= 0.6 is 0 Å². The van der Waals surface area contributed by atoms with Gasteiger partial charge < -0.3 is 4.55 Å². The summed E-state index contributed by atoms with van der Waals surface area (Å²) in [7, 11) is -4.56. The molecule has 134 valence electrons. The van der Waals surface area contributed by atoms with Gasteiger partial charge >= 0.3 is 29.6 Å². The summed E-state index contributed by atoms with van der Waals surface area (Å²) in [6, 6.07) is 0. The minimum absolute atomic E-state index is 0. The van der Waals surface area contributed by atoms with Gasteiger partial charge in [0.25, 0.3) is 0 Å². The second kappa shape index (κ2) is 17.7. The second-order valence-corrected chi connectivity index (χ2v) is 7.25. The van der Waals surface area contributed by atoms with E-state index >= 15 is 0 Å². The Morgan fingerprint density at radius 2 is 1.17 bits per heavy atom. The Hall–Kier alpha value is 0.870. The summed E-state index contributed by atoms with van der Waals surface area (Å²) < 4.78 is 36.5. The summed E-state index contributed by atoms with van der Waals surface area (Å²) in [4.78, 5) is 0. The molecule has 6 heteroatoms. The molecule has 0 amide bonds. The molecule has 0 saturated heterocycles. The fraction of sp³-hybridized carbons (Fsp3) is 1.00. The van der Waals surface area contributed by atoms with Crippen LogP contribution in [0.4, 0.5) is 0 Å². The minimum atomic E-state index is -4.56. The van der Waals surface area contributed by atoms with Gasteiger partial charge in [-0.25, -0.2) is 8.42 Å². The molecule has 0 aromatic carbocycles. The number of unbranched alkanes of at least 4 members (excludes halogenated alkanes) is 10. The van der Waals surface area contributed by atoms with Crippen molar-refractivity contribution in [3.8, 4) is 0 Å². The average Bonchev–Trinajstić information content (AvgIpc) is 2.43. The van der Waals surface area contributed by atoms with E-state index in [1.54, 1.807) is 0 Å². The van der Waals surface area contributed by atoms with Crippen LogP contribution in [0, 0.1) is 0 Å². The van der Waals surface area contributed by atoms with E-state index in [9.17, 15) is 13.0 Å². The molecule has 23 heavy (non-hydrogen) atoms. The van der Waals surface area contributed by atoms with E-state index in [1.165, 1.54) is 57.8 Å². The maximum absolute atomic E-state index is 10.6. The number of rotatable bonds is 16. The molecule has 4 nitrogen and oxygen atoms in total.